The number of aryl methyl sites for hydroxylation is 2. The monoisotopic (exact) mass is 664 g/mol. The number of aliphatic hydroxyl groups is 2. The Morgan fingerprint density at radius 3 is 1.28 bits per heavy atom. The molecule has 0 saturated heterocycles. The first kappa shape index (κ1) is 33.8. The van der Waals surface area contributed by atoms with E-state index in [1.54, 1.807) is 26.0 Å². The van der Waals surface area contributed by atoms with Crippen LogP contribution in [0.15, 0.2) is 36.1 Å². The predicted molar refractivity (Wildman–Crippen MR) is 186 cm³/mol. The van der Waals surface area contributed by atoms with Crippen molar-refractivity contribution in [2.24, 2.45) is 23.3 Å². The van der Waals surface area contributed by atoms with Crippen molar-refractivity contribution in [2.75, 3.05) is 0 Å². The molecular weight excluding hydrogens is 629 g/mol. The molecule has 0 radical (unpaired) electrons. The summed E-state index contributed by atoms with van der Waals surface area (Å²) in [5.41, 5.74) is 24.2. The number of allylic oxidation sites excluding steroid dienone is 4. The molecule has 2 aliphatic carbocycles. The van der Waals surface area contributed by atoms with Crippen LogP contribution in [0.5, 0.6) is 11.5 Å². The van der Waals surface area contributed by atoms with Gasteiger partial charge in [-0.2, -0.15) is 0 Å². The first-order chi connectivity index (χ1) is 21.5. The summed E-state index contributed by atoms with van der Waals surface area (Å²) in [5.74, 6) is -3.73. The summed E-state index contributed by atoms with van der Waals surface area (Å²) in [4.78, 5) is 26.9. The van der Waals surface area contributed by atoms with Gasteiger partial charge in [-0.05, 0) is 72.4 Å². The van der Waals surface area contributed by atoms with Crippen molar-refractivity contribution in [3.8, 4) is 22.6 Å². The molecular formula is C32H36N6O6S2. The standard InChI is InChI=1S/C32H36N6O6S2/c1-11(2)19-15-7-13(5)21(27(41)23(15)17(25(39)29(19)43)9-35-37-31(33)45)22-14(6)8-16-20(12(3)4)30(44)26(40)18(24(16)28(22)42)10-36-38-32(34)46/h7-12,35-36,41-44H,1-6H3,(H3,33,37,45)(H3,34,38,46)/b17-9-,18-10-. The third-order valence-electron chi connectivity index (χ3n) is 7.77. The van der Waals surface area contributed by atoms with Gasteiger partial charge in [0.15, 0.2) is 21.7 Å². The third-order valence-corrected chi connectivity index (χ3v) is 7.98. The lowest BCUT2D eigenvalue weighted by Gasteiger charge is -2.29. The highest BCUT2D eigenvalue weighted by atomic mass is 32.1. The van der Waals surface area contributed by atoms with Crippen molar-refractivity contribution >= 4 is 68.5 Å². The molecule has 2 aromatic carbocycles. The fourth-order valence-corrected chi connectivity index (χ4v) is 6.10. The van der Waals surface area contributed by atoms with E-state index < -0.39 is 23.1 Å². The van der Waals surface area contributed by atoms with Gasteiger partial charge in [-0.25, -0.2) is 0 Å². The van der Waals surface area contributed by atoms with Crippen molar-refractivity contribution in [2.45, 2.75) is 41.5 Å². The van der Waals surface area contributed by atoms with Crippen LogP contribution >= 0.6 is 24.4 Å². The van der Waals surface area contributed by atoms with Crippen LogP contribution < -0.4 is 33.2 Å². The van der Waals surface area contributed by atoms with E-state index in [0.717, 1.165) is 0 Å². The molecule has 0 aliphatic heterocycles. The third kappa shape index (κ3) is 5.72. The Kier molecular flexibility index (Phi) is 9.36. The number of carbonyl (C=O) groups is 2. The molecule has 0 amide bonds. The minimum absolute atomic E-state index is 0.0896. The number of phenols is 2. The van der Waals surface area contributed by atoms with E-state index in [-0.39, 0.29) is 67.0 Å². The zero-order valence-corrected chi connectivity index (χ0v) is 27.7. The fourth-order valence-electron chi connectivity index (χ4n) is 5.99. The molecule has 4 rings (SSSR count). The van der Waals surface area contributed by atoms with E-state index in [0.29, 0.717) is 33.4 Å². The average Bonchev–Trinajstić information content (AvgIpc) is 2.94. The maximum Gasteiger partial charge on any atom is 0.229 e. The normalized spacial score (nSPS) is 16.3. The highest BCUT2D eigenvalue weighted by molar-refractivity contribution is 7.80. The molecule has 0 saturated carbocycles. The molecule has 12 N–H and O–H groups in total. The number of benzene rings is 2. The molecule has 242 valence electrons. The second kappa shape index (κ2) is 12.7. The summed E-state index contributed by atoms with van der Waals surface area (Å²) in [6, 6.07) is 3.44. The van der Waals surface area contributed by atoms with E-state index >= 15 is 0 Å². The van der Waals surface area contributed by atoms with Gasteiger partial charge in [0.05, 0.1) is 11.1 Å². The smallest absolute Gasteiger partial charge is 0.229 e. The Hall–Kier alpha value is -5.08. The summed E-state index contributed by atoms with van der Waals surface area (Å²) in [5, 5.41) is 45.7. The fraction of sp³-hybridized carbons (Fsp3) is 0.250. The second-order valence-electron chi connectivity index (χ2n) is 11.6. The molecule has 0 spiro atoms. The lowest BCUT2D eigenvalue weighted by molar-refractivity contribution is -0.113. The van der Waals surface area contributed by atoms with Crippen LogP contribution in [0.2, 0.25) is 0 Å². The van der Waals surface area contributed by atoms with Crippen LogP contribution in [0, 0.1) is 25.7 Å². The predicted octanol–water partition coefficient (Wildman–Crippen LogP) is 3.75. The van der Waals surface area contributed by atoms with Gasteiger partial charge in [-0.1, -0.05) is 39.8 Å². The van der Waals surface area contributed by atoms with E-state index in [2.05, 4.69) is 21.7 Å². The topological polar surface area (TPSA) is 215 Å². The summed E-state index contributed by atoms with van der Waals surface area (Å²) in [6.45, 7) is 10.7. The van der Waals surface area contributed by atoms with E-state index in [9.17, 15) is 30.0 Å². The molecule has 2 aliphatic rings. The van der Waals surface area contributed by atoms with Crippen molar-refractivity contribution in [3.63, 3.8) is 0 Å². The Balaban J connectivity index is 2.11. The number of ketones is 2. The number of fused-ring (bicyclic) bond motifs is 2. The Morgan fingerprint density at radius 1 is 0.674 bits per heavy atom. The summed E-state index contributed by atoms with van der Waals surface area (Å²) < 4.78 is 0. The SMILES string of the molecule is Cc1cc2c(c(O)c1-c1c(C)cc3c(c1O)/C(=C/NNC(N)=S)C(=O)C(O)=C3C(C)C)/C(=C/NNC(N)=S)C(=O)C(O)=C2C(C)C. The van der Waals surface area contributed by atoms with Gasteiger partial charge < -0.3 is 42.7 Å². The van der Waals surface area contributed by atoms with Crippen molar-refractivity contribution < 1.29 is 30.0 Å². The van der Waals surface area contributed by atoms with Crippen LogP contribution in [-0.4, -0.2) is 42.2 Å². The lowest BCUT2D eigenvalue weighted by atomic mass is 9.75. The van der Waals surface area contributed by atoms with Crippen LogP contribution in [0.1, 0.15) is 61.1 Å². The van der Waals surface area contributed by atoms with E-state index in [1.165, 1.54) is 12.4 Å². The zero-order valence-electron chi connectivity index (χ0n) is 26.0. The second-order valence-corrected chi connectivity index (χ2v) is 12.4. The molecule has 2 aromatic rings. The Bertz CT molecular complexity index is 1720. The molecule has 0 fully saturated rings. The summed E-state index contributed by atoms with van der Waals surface area (Å²) in [7, 11) is 0. The maximum absolute atomic E-state index is 13.5. The van der Waals surface area contributed by atoms with Gasteiger partial charge in [0.2, 0.25) is 11.6 Å². The molecule has 0 heterocycles. The molecule has 0 bridgehead atoms. The number of hydrazine groups is 2. The maximum atomic E-state index is 13.5. The largest absolute Gasteiger partial charge is 0.507 e. The molecule has 46 heavy (non-hydrogen) atoms. The van der Waals surface area contributed by atoms with Gasteiger partial charge in [-0.3, -0.25) is 20.4 Å². The quantitative estimate of drug-likeness (QED) is 0.116. The Labute approximate surface area is 276 Å². The summed E-state index contributed by atoms with van der Waals surface area (Å²) in [6.07, 6.45) is 2.46. The van der Waals surface area contributed by atoms with E-state index in [4.69, 9.17) is 35.9 Å². The van der Waals surface area contributed by atoms with Crippen molar-refractivity contribution in [1.82, 2.24) is 21.7 Å². The number of rotatable bonds is 7. The number of aromatic hydroxyl groups is 2. The van der Waals surface area contributed by atoms with Crippen LogP contribution in [-0.2, 0) is 9.59 Å². The van der Waals surface area contributed by atoms with Crippen LogP contribution in [0.25, 0.3) is 33.4 Å². The number of hydrogen-bond donors (Lipinski definition) is 10. The average molecular weight is 665 g/mol. The lowest BCUT2D eigenvalue weighted by Crippen LogP contribution is -2.38. The molecule has 14 heteroatoms. The Morgan fingerprint density at radius 2 is 1.00 bits per heavy atom. The molecule has 0 unspecified atom stereocenters. The van der Waals surface area contributed by atoms with Crippen LogP contribution in [0.4, 0.5) is 0 Å². The van der Waals surface area contributed by atoms with Crippen LogP contribution in [0.3, 0.4) is 0 Å². The van der Waals surface area contributed by atoms with E-state index in [1.807, 2.05) is 27.7 Å². The van der Waals surface area contributed by atoms with Gasteiger partial charge in [-0.15, -0.1) is 0 Å². The van der Waals surface area contributed by atoms with Crippen molar-refractivity contribution in [3.05, 3.63) is 69.4 Å². The first-order valence-electron chi connectivity index (χ1n) is 14.2. The molecule has 0 atom stereocenters. The highest BCUT2D eigenvalue weighted by Gasteiger charge is 2.38. The summed E-state index contributed by atoms with van der Waals surface area (Å²) >= 11 is 9.65. The number of Topliss-reactive ketones (excluding diaryl/α,β-unsaturated/α-hetero) is 2. The number of nitrogens with two attached hydrogens (primary N) is 2. The number of carbonyl (C=O) groups excluding carboxylic acids is 2. The number of aliphatic hydroxyl groups excluding tert-OH is 2. The van der Waals surface area contributed by atoms with Crippen molar-refractivity contribution in [1.29, 1.82) is 0 Å². The van der Waals surface area contributed by atoms with Gasteiger partial charge in [0.1, 0.15) is 11.5 Å². The number of nitrogens with one attached hydrogen (secondary N) is 4. The number of hydrogen-bond acceptors (Lipinski definition) is 10. The minimum atomic E-state index is -0.751. The highest BCUT2D eigenvalue weighted by Crippen LogP contribution is 2.53. The number of phenolic OH excluding ortho intramolecular Hbond substituents is 2. The van der Waals surface area contributed by atoms with Gasteiger partial charge in [0, 0.05) is 45.8 Å². The van der Waals surface area contributed by atoms with Gasteiger partial charge >= 0.3 is 0 Å². The minimum Gasteiger partial charge on any atom is -0.507 e. The first-order valence-corrected chi connectivity index (χ1v) is 15.1. The van der Waals surface area contributed by atoms with Gasteiger partial charge in [0.25, 0.3) is 0 Å². The zero-order chi connectivity index (χ0) is 34.4. The number of thiocarbonyl (C=S) groups is 2. The molecule has 12 nitrogen and oxygen atoms in total. The molecule has 0 aromatic heterocycles.